The fourth-order valence-corrected chi connectivity index (χ4v) is 3.20. The third kappa shape index (κ3) is 2.07. The van der Waals surface area contributed by atoms with E-state index in [9.17, 15) is 0 Å². The van der Waals surface area contributed by atoms with Crippen molar-refractivity contribution in [2.24, 2.45) is 5.92 Å². The molecule has 0 aromatic heterocycles. The first-order chi connectivity index (χ1) is 7.92. The van der Waals surface area contributed by atoms with Crippen molar-refractivity contribution < 1.29 is 0 Å². The fourth-order valence-electron chi connectivity index (χ4n) is 3.20. The second-order valence-corrected chi connectivity index (χ2v) is 5.12. The monoisotopic (exact) mass is 216 g/mol. The molecule has 2 bridgehead atoms. The molecule has 16 heavy (non-hydrogen) atoms. The summed E-state index contributed by atoms with van der Waals surface area (Å²) in [5.41, 5.74) is 1.24. The Bertz CT molecular complexity index is 336. The van der Waals surface area contributed by atoms with Gasteiger partial charge in [-0.2, -0.15) is 0 Å². The lowest BCUT2D eigenvalue weighted by atomic mass is 10.1. The van der Waals surface area contributed by atoms with Crippen LogP contribution in [0.25, 0.3) is 0 Å². The quantitative estimate of drug-likeness (QED) is 0.832. The van der Waals surface area contributed by atoms with Crippen LogP contribution in [0.4, 0.5) is 5.69 Å². The Labute approximate surface area is 97.6 Å². The predicted molar refractivity (Wildman–Crippen MR) is 67.6 cm³/mol. The largest absolute Gasteiger partial charge is 0.384 e. The van der Waals surface area contributed by atoms with Crippen LogP contribution < -0.4 is 5.32 Å². The summed E-state index contributed by atoms with van der Waals surface area (Å²) in [5, 5.41) is 3.49. The second-order valence-electron chi connectivity index (χ2n) is 5.12. The minimum Gasteiger partial charge on any atom is -0.384 e. The number of rotatable bonds is 4. The first-order valence-corrected chi connectivity index (χ1v) is 6.45. The van der Waals surface area contributed by atoms with Crippen LogP contribution in [0, 0.1) is 5.92 Å². The standard InChI is InChI=1S/C14H20N2/c1-2-4-13(5-3-1)15-8-9-16-11-12-6-7-14(16)10-12/h1-5,12,14-15H,6-11H2. The molecule has 0 spiro atoms. The van der Waals surface area contributed by atoms with E-state index in [1.165, 1.54) is 38.0 Å². The molecule has 1 N–H and O–H groups in total. The summed E-state index contributed by atoms with van der Waals surface area (Å²) >= 11 is 0. The molecule has 86 valence electrons. The summed E-state index contributed by atoms with van der Waals surface area (Å²) in [6.07, 6.45) is 4.38. The number of nitrogens with one attached hydrogen (secondary N) is 1. The maximum Gasteiger partial charge on any atom is 0.0340 e. The van der Waals surface area contributed by atoms with Gasteiger partial charge in [-0.15, -0.1) is 0 Å². The van der Waals surface area contributed by atoms with Gasteiger partial charge in [0.05, 0.1) is 0 Å². The number of para-hydroxylation sites is 1. The van der Waals surface area contributed by atoms with Crippen LogP contribution in [0.5, 0.6) is 0 Å². The first-order valence-electron chi connectivity index (χ1n) is 6.45. The molecule has 2 heteroatoms. The van der Waals surface area contributed by atoms with E-state index in [4.69, 9.17) is 0 Å². The smallest absolute Gasteiger partial charge is 0.0340 e. The predicted octanol–water partition coefficient (Wildman–Crippen LogP) is 2.58. The van der Waals surface area contributed by atoms with Crippen LogP contribution in [0.3, 0.4) is 0 Å². The zero-order valence-electron chi connectivity index (χ0n) is 9.73. The van der Waals surface area contributed by atoms with Gasteiger partial charge in [-0.25, -0.2) is 0 Å². The molecule has 2 aliphatic rings. The van der Waals surface area contributed by atoms with Crippen LogP contribution >= 0.6 is 0 Å². The van der Waals surface area contributed by atoms with Gasteiger partial charge in [-0.05, 0) is 37.3 Å². The zero-order chi connectivity index (χ0) is 10.8. The molecule has 2 atom stereocenters. The average molecular weight is 216 g/mol. The Balaban J connectivity index is 1.44. The van der Waals surface area contributed by atoms with Crippen LogP contribution in [-0.2, 0) is 0 Å². The van der Waals surface area contributed by atoms with Crippen molar-refractivity contribution in [3.8, 4) is 0 Å². The molecule has 1 aromatic rings. The van der Waals surface area contributed by atoms with Gasteiger partial charge in [0.15, 0.2) is 0 Å². The van der Waals surface area contributed by atoms with Gasteiger partial charge in [-0.1, -0.05) is 18.2 Å². The number of likely N-dealkylation sites (tertiary alicyclic amines) is 1. The summed E-state index contributed by atoms with van der Waals surface area (Å²) in [6, 6.07) is 11.4. The molecule has 0 amide bonds. The van der Waals surface area contributed by atoms with Crippen molar-refractivity contribution in [1.82, 2.24) is 4.90 Å². The Morgan fingerprint density at radius 1 is 1.19 bits per heavy atom. The maximum absolute atomic E-state index is 3.49. The number of anilines is 1. The van der Waals surface area contributed by atoms with Crippen molar-refractivity contribution in [2.75, 3.05) is 25.0 Å². The summed E-state index contributed by atoms with van der Waals surface area (Å²) in [5.74, 6) is 1.02. The van der Waals surface area contributed by atoms with Gasteiger partial charge >= 0.3 is 0 Å². The highest BCUT2D eigenvalue weighted by Crippen LogP contribution is 2.36. The maximum atomic E-state index is 3.49. The van der Waals surface area contributed by atoms with Crippen molar-refractivity contribution >= 4 is 5.69 Å². The van der Waals surface area contributed by atoms with Crippen molar-refractivity contribution in [3.05, 3.63) is 30.3 Å². The minimum atomic E-state index is 0.905. The molecule has 3 rings (SSSR count). The van der Waals surface area contributed by atoms with E-state index in [0.29, 0.717) is 0 Å². The topological polar surface area (TPSA) is 15.3 Å². The van der Waals surface area contributed by atoms with Crippen LogP contribution in [0.2, 0.25) is 0 Å². The molecular formula is C14H20N2. The number of nitrogens with zero attached hydrogens (tertiary/aromatic N) is 1. The summed E-state index contributed by atoms with van der Waals surface area (Å²) in [4.78, 5) is 2.67. The molecule has 2 fully saturated rings. The Hall–Kier alpha value is -1.02. The van der Waals surface area contributed by atoms with E-state index in [1.807, 2.05) is 0 Å². The highest BCUT2D eigenvalue weighted by Gasteiger charge is 2.36. The van der Waals surface area contributed by atoms with Gasteiger partial charge < -0.3 is 5.32 Å². The number of piperidine rings is 1. The van der Waals surface area contributed by atoms with Gasteiger partial charge in [0.25, 0.3) is 0 Å². The molecule has 1 aliphatic heterocycles. The van der Waals surface area contributed by atoms with E-state index >= 15 is 0 Å². The average Bonchev–Trinajstić information content (AvgIpc) is 2.92. The minimum absolute atomic E-state index is 0.905. The number of hydrogen-bond donors (Lipinski definition) is 1. The van der Waals surface area contributed by atoms with E-state index in [1.54, 1.807) is 0 Å². The third-order valence-electron chi connectivity index (χ3n) is 4.02. The van der Waals surface area contributed by atoms with Crippen molar-refractivity contribution in [1.29, 1.82) is 0 Å². The molecule has 2 nitrogen and oxygen atoms in total. The SMILES string of the molecule is c1ccc(NCCN2CC3CCC2C3)cc1. The number of fused-ring (bicyclic) bond motifs is 2. The molecule has 2 unspecified atom stereocenters. The van der Waals surface area contributed by atoms with Gasteiger partial charge in [0, 0.05) is 31.4 Å². The lowest BCUT2D eigenvalue weighted by molar-refractivity contribution is 0.221. The van der Waals surface area contributed by atoms with Gasteiger partial charge in [0.2, 0.25) is 0 Å². The Morgan fingerprint density at radius 3 is 2.75 bits per heavy atom. The molecular weight excluding hydrogens is 196 g/mol. The lowest BCUT2D eigenvalue weighted by Crippen LogP contribution is -2.35. The normalized spacial score (nSPS) is 28.5. The van der Waals surface area contributed by atoms with Gasteiger partial charge in [0.1, 0.15) is 0 Å². The molecule has 1 heterocycles. The molecule has 1 saturated heterocycles. The molecule has 1 saturated carbocycles. The molecule has 1 aliphatic carbocycles. The van der Waals surface area contributed by atoms with E-state index < -0.39 is 0 Å². The van der Waals surface area contributed by atoms with E-state index in [-0.39, 0.29) is 0 Å². The fraction of sp³-hybridized carbons (Fsp3) is 0.571. The second kappa shape index (κ2) is 4.46. The highest BCUT2D eigenvalue weighted by molar-refractivity contribution is 5.42. The number of benzene rings is 1. The van der Waals surface area contributed by atoms with Crippen molar-refractivity contribution in [3.63, 3.8) is 0 Å². The summed E-state index contributed by atoms with van der Waals surface area (Å²) < 4.78 is 0. The third-order valence-corrected chi connectivity index (χ3v) is 4.02. The Kier molecular flexibility index (Phi) is 2.83. The van der Waals surface area contributed by atoms with Crippen LogP contribution in [-0.4, -0.2) is 30.6 Å². The molecule has 0 radical (unpaired) electrons. The van der Waals surface area contributed by atoms with Crippen LogP contribution in [0.1, 0.15) is 19.3 Å². The summed E-state index contributed by atoms with van der Waals surface area (Å²) in [6.45, 7) is 3.63. The van der Waals surface area contributed by atoms with Gasteiger partial charge in [-0.3, -0.25) is 4.90 Å². The van der Waals surface area contributed by atoms with Crippen molar-refractivity contribution in [2.45, 2.75) is 25.3 Å². The van der Waals surface area contributed by atoms with E-state index in [2.05, 4.69) is 40.5 Å². The molecule has 1 aromatic carbocycles. The summed E-state index contributed by atoms with van der Waals surface area (Å²) in [7, 11) is 0. The lowest BCUT2D eigenvalue weighted by Gasteiger charge is -2.26. The number of hydrogen-bond acceptors (Lipinski definition) is 2. The van der Waals surface area contributed by atoms with Crippen LogP contribution in [0.15, 0.2) is 30.3 Å². The Morgan fingerprint density at radius 2 is 2.06 bits per heavy atom. The first kappa shape index (κ1) is 10.2. The van der Waals surface area contributed by atoms with E-state index in [0.717, 1.165) is 18.5 Å². The highest BCUT2D eigenvalue weighted by atomic mass is 15.2. The zero-order valence-corrected chi connectivity index (χ0v) is 9.73.